The van der Waals surface area contributed by atoms with Gasteiger partial charge in [-0.15, -0.1) is 0 Å². The fraction of sp³-hybridized carbons (Fsp3) is 0.878. The Balaban J connectivity index is 1.14. The van der Waals surface area contributed by atoms with Crippen molar-refractivity contribution in [2.24, 2.45) is 23.5 Å². The second kappa shape index (κ2) is 16.5. The molecule has 11 heteroatoms. The van der Waals surface area contributed by atoms with Gasteiger partial charge in [0.25, 0.3) is 0 Å². The van der Waals surface area contributed by atoms with Crippen molar-refractivity contribution in [3.05, 3.63) is 24.3 Å². The van der Waals surface area contributed by atoms with Crippen molar-refractivity contribution in [3.63, 3.8) is 0 Å². The summed E-state index contributed by atoms with van der Waals surface area (Å²) in [5, 5.41) is 21.9. The monoisotopic (exact) mass is 841 g/mol. The Morgan fingerprint density at radius 2 is 1.62 bits per heavy atom. The number of aliphatic hydroxyl groups is 2. The minimum Gasteiger partial charge on any atom is -0.393 e. The van der Waals surface area contributed by atoms with E-state index in [2.05, 4.69) is 56.5 Å². The highest BCUT2D eigenvalue weighted by molar-refractivity contribution is 14.1. The highest BCUT2D eigenvalue weighted by Crippen LogP contribution is 2.47. The van der Waals surface area contributed by atoms with E-state index >= 15 is 0 Å². The first-order valence-electron chi connectivity index (χ1n) is 20.3. The first kappa shape index (κ1) is 39.7. The topological polar surface area (TPSA) is 139 Å². The Bertz CT molecular complexity index is 1300. The van der Waals surface area contributed by atoms with Crippen LogP contribution in [0.1, 0.15) is 111 Å². The Kier molecular flexibility index (Phi) is 12.6. The lowest BCUT2D eigenvalue weighted by Gasteiger charge is -2.54. The number of rotatable bonds is 3. The number of Topliss-reactive ketones (excluding diaryl/α,β-unsaturated/α-hetero) is 1. The number of ether oxygens (including phenoxy) is 6. The standard InChI is InChI=1S/C41H64INO9/c1-21-12-28-6-8-33-22(2)13-30(47-33)10-11-41(5)19-32(46)24(4)38-37(42)40(52-41)39-34(51-38)9-7-29(50-39)16-26(44)14-25-15-31(17-27(45)20-43)49-36(25)18-35(48-28)23(21)3/h21,24-25,27-40,45-46H,2-3,6-20,43H2,1,4-5H3/t21-,24?,25?,27?,28+,29?,30?,31+,32-,33+,34?,35-,36?,37?,38+,39+,40?,41+/m1/s1. The second-order valence-corrected chi connectivity index (χ2v) is 19.3. The molecule has 7 heterocycles. The van der Waals surface area contributed by atoms with Crippen molar-refractivity contribution >= 4 is 28.4 Å². The molecule has 0 aromatic rings. The van der Waals surface area contributed by atoms with Gasteiger partial charge in [-0.1, -0.05) is 49.6 Å². The van der Waals surface area contributed by atoms with Crippen LogP contribution < -0.4 is 5.73 Å². The number of aliphatic hydroxyl groups excluding tert-OH is 2. The maximum atomic E-state index is 13.9. The van der Waals surface area contributed by atoms with E-state index in [4.69, 9.17) is 34.2 Å². The number of hydrogen-bond donors (Lipinski definition) is 3. The van der Waals surface area contributed by atoms with Crippen LogP contribution in [0, 0.1) is 17.8 Å². The molecule has 9 bridgehead atoms. The van der Waals surface area contributed by atoms with Crippen molar-refractivity contribution < 1.29 is 43.4 Å². The van der Waals surface area contributed by atoms with E-state index in [9.17, 15) is 15.0 Å². The van der Waals surface area contributed by atoms with Crippen LogP contribution in [0.15, 0.2) is 24.3 Å². The maximum Gasteiger partial charge on any atom is 0.135 e. The van der Waals surface area contributed by atoms with Crippen LogP contribution in [0.4, 0.5) is 0 Å². The number of carbonyl (C=O) groups excluding carboxylic acids is 1. The van der Waals surface area contributed by atoms with Crippen molar-refractivity contribution in [1.29, 1.82) is 0 Å². The quantitative estimate of drug-likeness (QED) is 0.190. The summed E-state index contributed by atoms with van der Waals surface area (Å²) in [5.74, 6) is 0.452. The van der Waals surface area contributed by atoms with Gasteiger partial charge in [-0.05, 0) is 87.7 Å². The summed E-state index contributed by atoms with van der Waals surface area (Å²) in [5.41, 5.74) is 7.44. The van der Waals surface area contributed by atoms with Crippen LogP contribution in [-0.2, 0) is 33.2 Å². The zero-order valence-electron chi connectivity index (χ0n) is 31.5. The highest BCUT2D eigenvalue weighted by Gasteiger charge is 2.55. The minimum absolute atomic E-state index is 0.00592. The summed E-state index contributed by atoms with van der Waals surface area (Å²) >= 11 is 2.46. The summed E-state index contributed by atoms with van der Waals surface area (Å²) in [6.45, 7) is 15.6. The van der Waals surface area contributed by atoms with Crippen LogP contribution in [-0.4, -0.2) is 111 Å². The normalized spacial score (nSPS) is 49.8. The molecule has 0 aromatic carbocycles. The van der Waals surface area contributed by atoms with E-state index in [0.29, 0.717) is 44.4 Å². The molecular formula is C41H64INO9. The fourth-order valence-corrected chi connectivity index (χ4v) is 11.9. The molecule has 0 saturated carbocycles. The van der Waals surface area contributed by atoms with Crippen LogP contribution in [0.25, 0.3) is 0 Å². The molecule has 52 heavy (non-hydrogen) atoms. The minimum atomic E-state index is -0.639. The summed E-state index contributed by atoms with van der Waals surface area (Å²) in [6.07, 6.45) is 7.08. The molecule has 10 nitrogen and oxygen atoms in total. The molecule has 18 atom stereocenters. The summed E-state index contributed by atoms with van der Waals surface area (Å²) in [6, 6.07) is 0. The third-order valence-corrected chi connectivity index (χ3v) is 15.1. The van der Waals surface area contributed by atoms with E-state index in [1.165, 1.54) is 0 Å². The molecule has 7 aliphatic heterocycles. The molecule has 9 unspecified atom stereocenters. The molecule has 7 fully saturated rings. The average molecular weight is 842 g/mol. The largest absolute Gasteiger partial charge is 0.393 e. The summed E-state index contributed by atoms with van der Waals surface area (Å²) in [7, 11) is 0. The predicted octanol–water partition coefficient (Wildman–Crippen LogP) is 5.51. The Hall–Kier alpha value is -0.480. The van der Waals surface area contributed by atoms with Crippen molar-refractivity contribution in [2.75, 3.05) is 6.54 Å². The molecule has 7 rings (SSSR count). The fourth-order valence-electron chi connectivity index (χ4n) is 10.5. The van der Waals surface area contributed by atoms with Gasteiger partial charge >= 0.3 is 0 Å². The van der Waals surface area contributed by atoms with Crippen LogP contribution >= 0.6 is 22.6 Å². The van der Waals surface area contributed by atoms with E-state index in [1.807, 2.05) is 0 Å². The van der Waals surface area contributed by atoms with Crippen molar-refractivity contribution in [2.45, 2.75) is 200 Å². The highest BCUT2D eigenvalue weighted by atomic mass is 127. The number of carbonyl (C=O) groups is 1. The third-order valence-electron chi connectivity index (χ3n) is 13.7. The second-order valence-electron chi connectivity index (χ2n) is 17.8. The Labute approximate surface area is 324 Å². The molecular weight excluding hydrogens is 777 g/mol. The summed E-state index contributed by atoms with van der Waals surface area (Å²) in [4.78, 5) is 13.9. The number of alkyl halides is 1. The van der Waals surface area contributed by atoms with Gasteiger partial charge in [0.05, 0.1) is 76.7 Å². The molecule has 0 aromatic heterocycles. The smallest absolute Gasteiger partial charge is 0.135 e. The van der Waals surface area contributed by atoms with Crippen LogP contribution in [0.3, 0.4) is 0 Å². The molecule has 0 amide bonds. The predicted molar refractivity (Wildman–Crippen MR) is 205 cm³/mol. The lowest BCUT2D eigenvalue weighted by molar-refractivity contribution is -0.276. The zero-order chi connectivity index (χ0) is 36.9. The van der Waals surface area contributed by atoms with Crippen LogP contribution in [0.2, 0.25) is 0 Å². The van der Waals surface area contributed by atoms with E-state index in [1.54, 1.807) is 0 Å². The van der Waals surface area contributed by atoms with Gasteiger partial charge in [-0.25, -0.2) is 0 Å². The van der Waals surface area contributed by atoms with Crippen LogP contribution in [0.5, 0.6) is 0 Å². The molecule has 0 spiro atoms. The maximum absolute atomic E-state index is 13.9. The van der Waals surface area contributed by atoms with Gasteiger partial charge in [0.1, 0.15) is 18.0 Å². The molecule has 0 aliphatic carbocycles. The molecule has 294 valence electrons. The average Bonchev–Trinajstić information content (AvgIpc) is 3.65. The van der Waals surface area contributed by atoms with Crippen molar-refractivity contribution in [1.82, 2.24) is 0 Å². The van der Waals surface area contributed by atoms with E-state index in [-0.39, 0.29) is 95.2 Å². The zero-order valence-corrected chi connectivity index (χ0v) is 33.7. The Morgan fingerprint density at radius 3 is 2.40 bits per heavy atom. The Morgan fingerprint density at radius 1 is 0.865 bits per heavy atom. The van der Waals surface area contributed by atoms with E-state index < -0.39 is 17.8 Å². The number of fused-ring (bicyclic) bond motifs is 8. The number of ketones is 1. The molecule has 7 aliphatic rings. The lowest BCUT2D eigenvalue weighted by atomic mass is 9.78. The number of nitrogens with two attached hydrogens (primary N) is 1. The molecule has 0 radical (unpaired) electrons. The summed E-state index contributed by atoms with van der Waals surface area (Å²) < 4.78 is 40.7. The SMILES string of the molecule is C=C1CC2CC[C@@]3(C)C[C@@H](O)C(C)[C@@H]4OC5CCC(CC(=O)CC6C[C@@H](CC(O)CN)OC6C[C@H]6O[C@@H](CC[C@@H]1O2)C[C@@H](C)C6=C)O[C@@H]5C(O3)C4I. The van der Waals surface area contributed by atoms with Gasteiger partial charge < -0.3 is 44.4 Å². The van der Waals surface area contributed by atoms with Gasteiger partial charge in [-0.3, -0.25) is 4.79 Å². The first-order chi connectivity index (χ1) is 24.8. The number of hydrogen-bond acceptors (Lipinski definition) is 10. The van der Waals surface area contributed by atoms with E-state index in [0.717, 1.165) is 62.5 Å². The first-order valence-corrected chi connectivity index (χ1v) is 21.6. The third kappa shape index (κ3) is 8.74. The molecule has 4 N–H and O–H groups in total. The van der Waals surface area contributed by atoms with Gasteiger partial charge in [0.15, 0.2) is 0 Å². The molecule has 7 saturated heterocycles. The number of halogens is 1. The van der Waals surface area contributed by atoms with Gasteiger partial charge in [0.2, 0.25) is 0 Å². The lowest BCUT2D eigenvalue weighted by Crippen LogP contribution is -2.65. The van der Waals surface area contributed by atoms with Gasteiger partial charge in [-0.2, -0.15) is 0 Å². The van der Waals surface area contributed by atoms with Gasteiger partial charge in [0, 0.05) is 44.6 Å². The van der Waals surface area contributed by atoms with Crippen molar-refractivity contribution in [3.8, 4) is 0 Å².